The molecule has 5 nitrogen and oxygen atoms in total. The van der Waals surface area contributed by atoms with E-state index in [9.17, 15) is 0 Å². The second-order valence-electron chi connectivity index (χ2n) is 6.37. The molecule has 1 aromatic heterocycles. The van der Waals surface area contributed by atoms with Crippen molar-refractivity contribution in [3.8, 4) is 0 Å². The molecule has 0 aromatic carbocycles. The lowest BCUT2D eigenvalue weighted by Gasteiger charge is -2.46. The van der Waals surface area contributed by atoms with Gasteiger partial charge in [-0.25, -0.2) is 4.98 Å². The number of hydrogen-bond acceptors (Lipinski definition) is 5. The van der Waals surface area contributed by atoms with E-state index in [4.69, 9.17) is 4.98 Å². The molecule has 5 heteroatoms. The molecule has 2 unspecified atom stereocenters. The number of piperidine rings is 2. The SMILES string of the molecule is CCCNc1cncc(N2CCC3C(CCCN3C)C2)n1. The molecule has 2 aliphatic heterocycles. The number of fused-ring (bicyclic) bond motifs is 1. The Morgan fingerprint density at radius 1 is 1.29 bits per heavy atom. The molecule has 0 amide bonds. The molecule has 1 N–H and O–H groups in total. The molecule has 116 valence electrons. The summed E-state index contributed by atoms with van der Waals surface area (Å²) in [7, 11) is 2.28. The van der Waals surface area contributed by atoms with Gasteiger partial charge in [0, 0.05) is 25.7 Å². The molecule has 2 fully saturated rings. The highest BCUT2D eigenvalue weighted by molar-refractivity contribution is 5.44. The maximum absolute atomic E-state index is 4.73. The van der Waals surface area contributed by atoms with Crippen LogP contribution in [0.4, 0.5) is 11.6 Å². The van der Waals surface area contributed by atoms with Gasteiger partial charge in [-0.3, -0.25) is 4.98 Å². The number of aromatic nitrogens is 2. The van der Waals surface area contributed by atoms with E-state index in [-0.39, 0.29) is 0 Å². The molecule has 3 rings (SSSR count). The maximum atomic E-state index is 4.73. The average Bonchev–Trinajstić information content (AvgIpc) is 2.53. The van der Waals surface area contributed by atoms with Crippen LogP contribution in [0.3, 0.4) is 0 Å². The number of nitrogens with zero attached hydrogens (tertiary/aromatic N) is 4. The van der Waals surface area contributed by atoms with E-state index in [1.165, 1.54) is 25.8 Å². The van der Waals surface area contributed by atoms with E-state index < -0.39 is 0 Å². The number of rotatable bonds is 4. The molecule has 3 heterocycles. The minimum Gasteiger partial charge on any atom is -0.369 e. The fourth-order valence-corrected chi connectivity index (χ4v) is 3.71. The lowest BCUT2D eigenvalue weighted by Crippen LogP contribution is -2.52. The summed E-state index contributed by atoms with van der Waals surface area (Å²) < 4.78 is 0. The van der Waals surface area contributed by atoms with Gasteiger partial charge in [-0.2, -0.15) is 0 Å². The summed E-state index contributed by atoms with van der Waals surface area (Å²) in [6, 6.07) is 0.768. The van der Waals surface area contributed by atoms with Crippen LogP contribution in [0.15, 0.2) is 12.4 Å². The van der Waals surface area contributed by atoms with Crippen LogP contribution >= 0.6 is 0 Å². The highest BCUT2D eigenvalue weighted by Crippen LogP contribution is 2.31. The van der Waals surface area contributed by atoms with Gasteiger partial charge in [0.25, 0.3) is 0 Å². The molecule has 21 heavy (non-hydrogen) atoms. The first-order valence-electron chi connectivity index (χ1n) is 8.29. The monoisotopic (exact) mass is 289 g/mol. The Morgan fingerprint density at radius 3 is 3.05 bits per heavy atom. The second kappa shape index (κ2) is 6.60. The Labute approximate surface area is 127 Å². The number of likely N-dealkylation sites (tertiary alicyclic amines) is 1. The molecule has 0 saturated carbocycles. The van der Waals surface area contributed by atoms with Crippen LogP contribution in [0, 0.1) is 5.92 Å². The van der Waals surface area contributed by atoms with Crippen molar-refractivity contribution in [2.45, 2.75) is 38.6 Å². The summed E-state index contributed by atoms with van der Waals surface area (Å²) >= 11 is 0. The lowest BCUT2D eigenvalue weighted by molar-refractivity contribution is 0.102. The highest BCUT2D eigenvalue weighted by Gasteiger charge is 2.34. The molecular weight excluding hydrogens is 262 g/mol. The summed E-state index contributed by atoms with van der Waals surface area (Å²) in [5.41, 5.74) is 0. The summed E-state index contributed by atoms with van der Waals surface area (Å²) in [4.78, 5) is 14.1. The zero-order valence-corrected chi connectivity index (χ0v) is 13.3. The quantitative estimate of drug-likeness (QED) is 0.921. The van der Waals surface area contributed by atoms with E-state index in [0.29, 0.717) is 0 Å². The van der Waals surface area contributed by atoms with Crippen molar-refractivity contribution in [1.82, 2.24) is 14.9 Å². The van der Waals surface area contributed by atoms with E-state index in [1.807, 2.05) is 12.4 Å². The molecule has 2 saturated heterocycles. The second-order valence-corrected chi connectivity index (χ2v) is 6.37. The topological polar surface area (TPSA) is 44.3 Å². The molecule has 1 aromatic rings. The Bertz CT molecular complexity index is 464. The van der Waals surface area contributed by atoms with E-state index in [1.54, 1.807) is 0 Å². The van der Waals surface area contributed by atoms with Crippen LogP contribution in [0.25, 0.3) is 0 Å². The zero-order valence-electron chi connectivity index (χ0n) is 13.3. The third-order valence-electron chi connectivity index (χ3n) is 4.85. The Balaban J connectivity index is 1.67. The third-order valence-corrected chi connectivity index (χ3v) is 4.85. The van der Waals surface area contributed by atoms with Gasteiger partial charge < -0.3 is 15.1 Å². The van der Waals surface area contributed by atoms with E-state index in [2.05, 4.69) is 34.1 Å². The number of hydrogen-bond donors (Lipinski definition) is 1. The van der Waals surface area contributed by atoms with Gasteiger partial charge in [-0.05, 0) is 45.2 Å². The van der Waals surface area contributed by atoms with Gasteiger partial charge in [-0.1, -0.05) is 6.92 Å². The van der Waals surface area contributed by atoms with Crippen molar-refractivity contribution in [2.24, 2.45) is 5.92 Å². The van der Waals surface area contributed by atoms with Gasteiger partial charge in [0.15, 0.2) is 0 Å². The van der Waals surface area contributed by atoms with Crippen LogP contribution < -0.4 is 10.2 Å². The van der Waals surface area contributed by atoms with Crippen molar-refractivity contribution in [2.75, 3.05) is 43.4 Å². The number of anilines is 2. The van der Waals surface area contributed by atoms with E-state index >= 15 is 0 Å². The Hall–Kier alpha value is -1.36. The summed E-state index contributed by atoms with van der Waals surface area (Å²) in [6.07, 6.45) is 8.76. The van der Waals surface area contributed by atoms with Crippen LogP contribution in [-0.2, 0) is 0 Å². The van der Waals surface area contributed by atoms with Gasteiger partial charge >= 0.3 is 0 Å². The molecule has 0 aliphatic carbocycles. The van der Waals surface area contributed by atoms with Crippen LogP contribution in [-0.4, -0.2) is 54.1 Å². The molecule has 0 radical (unpaired) electrons. The molecule has 2 aliphatic rings. The Morgan fingerprint density at radius 2 is 2.19 bits per heavy atom. The van der Waals surface area contributed by atoms with Crippen molar-refractivity contribution in [3.05, 3.63) is 12.4 Å². The average molecular weight is 289 g/mol. The predicted molar refractivity (Wildman–Crippen MR) is 86.8 cm³/mol. The van der Waals surface area contributed by atoms with Crippen molar-refractivity contribution >= 4 is 11.6 Å². The summed E-state index contributed by atoms with van der Waals surface area (Å²) in [5.74, 6) is 2.71. The fraction of sp³-hybridized carbons (Fsp3) is 0.750. The molecule has 0 bridgehead atoms. The summed E-state index contributed by atoms with van der Waals surface area (Å²) in [6.45, 7) is 6.60. The standard InChI is InChI=1S/C16H27N5/c1-3-7-18-15-10-17-11-16(19-15)21-9-6-14-13(12-21)5-4-8-20(14)2/h10-11,13-14H,3-9,12H2,1-2H3,(H,18,19). The van der Waals surface area contributed by atoms with Gasteiger partial charge in [0.05, 0.1) is 12.4 Å². The van der Waals surface area contributed by atoms with Crippen LogP contribution in [0.5, 0.6) is 0 Å². The van der Waals surface area contributed by atoms with Crippen molar-refractivity contribution in [1.29, 1.82) is 0 Å². The maximum Gasteiger partial charge on any atom is 0.149 e. The third kappa shape index (κ3) is 3.28. The van der Waals surface area contributed by atoms with Crippen LogP contribution in [0.2, 0.25) is 0 Å². The first-order chi connectivity index (χ1) is 10.3. The highest BCUT2D eigenvalue weighted by atomic mass is 15.2. The minimum atomic E-state index is 0.768. The lowest BCUT2D eigenvalue weighted by atomic mass is 9.84. The smallest absolute Gasteiger partial charge is 0.149 e. The number of nitrogens with one attached hydrogen (secondary N) is 1. The van der Waals surface area contributed by atoms with E-state index in [0.717, 1.165) is 49.7 Å². The molecular formula is C16H27N5. The minimum absolute atomic E-state index is 0.768. The van der Waals surface area contributed by atoms with Crippen molar-refractivity contribution < 1.29 is 0 Å². The first-order valence-corrected chi connectivity index (χ1v) is 8.29. The first kappa shape index (κ1) is 14.6. The fourth-order valence-electron chi connectivity index (χ4n) is 3.71. The summed E-state index contributed by atoms with van der Waals surface area (Å²) in [5, 5.41) is 3.33. The van der Waals surface area contributed by atoms with Crippen LogP contribution in [0.1, 0.15) is 32.6 Å². The van der Waals surface area contributed by atoms with Gasteiger partial charge in [0.2, 0.25) is 0 Å². The molecule has 0 spiro atoms. The Kier molecular flexibility index (Phi) is 4.58. The normalized spacial score (nSPS) is 26.5. The largest absolute Gasteiger partial charge is 0.369 e. The van der Waals surface area contributed by atoms with Gasteiger partial charge in [-0.15, -0.1) is 0 Å². The zero-order chi connectivity index (χ0) is 14.7. The van der Waals surface area contributed by atoms with Gasteiger partial charge in [0.1, 0.15) is 11.6 Å². The predicted octanol–water partition coefficient (Wildman–Crippen LogP) is 2.22. The van der Waals surface area contributed by atoms with Crippen molar-refractivity contribution in [3.63, 3.8) is 0 Å². The molecule has 2 atom stereocenters.